The third-order valence-corrected chi connectivity index (χ3v) is 3.58. The quantitative estimate of drug-likeness (QED) is 0.574. The van der Waals surface area contributed by atoms with Gasteiger partial charge in [0.2, 0.25) is 0 Å². The first-order valence-corrected chi connectivity index (χ1v) is 7.06. The molecule has 0 unspecified atom stereocenters. The lowest BCUT2D eigenvalue weighted by atomic mass is 10.1. The normalized spacial score (nSPS) is 11.6. The number of hydrogen-bond donors (Lipinski definition) is 1. The molecule has 0 radical (unpaired) electrons. The summed E-state index contributed by atoms with van der Waals surface area (Å²) in [5, 5.41) is 21.4. The molecule has 0 amide bonds. The van der Waals surface area contributed by atoms with Gasteiger partial charge in [0.1, 0.15) is 0 Å². The van der Waals surface area contributed by atoms with Gasteiger partial charge in [-0.05, 0) is 42.3 Å². The number of phenols is 1. The number of fused-ring (bicyclic) bond motifs is 1. The molecule has 23 heavy (non-hydrogen) atoms. The highest BCUT2D eigenvalue weighted by molar-refractivity contribution is 5.84. The summed E-state index contributed by atoms with van der Waals surface area (Å²) >= 11 is 0. The highest BCUT2D eigenvalue weighted by Crippen LogP contribution is 2.28. The Labute approximate surface area is 132 Å². The average molecular weight is 306 g/mol. The summed E-state index contributed by atoms with van der Waals surface area (Å²) < 4.78 is 0. The maximum Gasteiger partial charge on any atom is 0.311 e. The Morgan fingerprint density at radius 1 is 1.17 bits per heavy atom. The van der Waals surface area contributed by atoms with E-state index in [-0.39, 0.29) is 11.4 Å². The van der Waals surface area contributed by atoms with Gasteiger partial charge in [-0.25, -0.2) is 4.98 Å². The first kappa shape index (κ1) is 14.7. The molecule has 114 valence electrons. The van der Waals surface area contributed by atoms with Gasteiger partial charge in [-0.2, -0.15) is 0 Å². The number of nitro groups is 1. The summed E-state index contributed by atoms with van der Waals surface area (Å²) in [6.07, 6.45) is 1.81. The van der Waals surface area contributed by atoms with Gasteiger partial charge in [-0.3, -0.25) is 10.1 Å². The second-order valence-electron chi connectivity index (χ2n) is 5.22. The lowest BCUT2D eigenvalue weighted by Gasteiger charge is -2.04. The Morgan fingerprint density at radius 2 is 1.96 bits per heavy atom. The topological polar surface area (TPSA) is 76.3 Å². The lowest BCUT2D eigenvalue weighted by molar-refractivity contribution is -0.385. The molecule has 3 aromatic rings. The fourth-order valence-corrected chi connectivity index (χ4v) is 2.39. The van der Waals surface area contributed by atoms with E-state index in [0.29, 0.717) is 5.56 Å². The second-order valence-corrected chi connectivity index (χ2v) is 5.22. The number of nitro benzene ring substituents is 1. The SMILES string of the molecule is CC(=Cc1ccc(O)c([N+](=O)[O-])c1)c1ccc2ccccc2n1. The third kappa shape index (κ3) is 3.03. The number of allylic oxidation sites excluding steroid dienone is 1. The van der Waals surface area contributed by atoms with Crippen LogP contribution in [0.5, 0.6) is 5.75 Å². The van der Waals surface area contributed by atoms with E-state index in [9.17, 15) is 15.2 Å². The molecule has 0 bridgehead atoms. The van der Waals surface area contributed by atoms with Crippen LogP contribution in [0.4, 0.5) is 5.69 Å². The van der Waals surface area contributed by atoms with E-state index in [0.717, 1.165) is 22.2 Å². The third-order valence-electron chi connectivity index (χ3n) is 3.58. The Balaban J connectivity index is 2.00. The van der Waals surface area contributed by atoms with Crippen molar-refractivity contribution in [2.75, 3.05) is 0 Å². The molecular formula is C18H14N2O3. The number of phenolic OH excluding ortho intramolecular Hbond substituents is 1. The lowest BCUT2D eigenvalue weighted by Crippen LogP contribution is -1.90. The molecule has 5 heteroatoms. The molecule has 0 aliphatic rings. The summed E-state index contributed by atoms with van der Waals surface area (Å²) in [4.78, 5) is 14.9. The molecule has 0 aliphatic carbocycles. The number of para-hydroxylation sites is 1. The van der Waals surface area contributed by atoms with Crippen LogP contribution < -0.4 is 0 Å². The first-order valence-electron chi connectivity index (χ1n) is 7.06. The van der Waals surface area contributed by atoms with E-state index in [1.807, 2.05) is 49.4 Å². The Kier molecular flexibility index (Phi) is 3.76. The number of nitrogens with zero attached hydrogens (tertiary/aromatic N) is 2. The molecular weight excluding hydrogens is 292 g/mol. The van der Waals surface area contributed by atoms with E-state index >= 15 is 0 Å². The molecule has 0 fully saturated rings. The van der Waals surface area contributed by atoms with Gasteiger partial charge in [0, 0.05) is 11.5 Å². The number of aromatic nitrogens is 1. The summed E-state index contributed by atoms with van der Waals surface area (Å²) in [6.45, 7) is 1.90. The molecule has 1 N–H and O–H groups in total. The minimum atomic E-state index is -0.601. The molecule has 1 heterocycles. The highest BCUT2D eigenvalue weighted by atomic mass is 16.6. The van der Waals surface area contributed by atoms with Crippen molar-refractivity contribution in [1.82, 2.24) is 4.98 Å². The van der Waals surface area contributed by atoms with Gasteiger partial charge in [0.25, 0.3) is 0 Å². The highest BCUT2D eigenvalue weighted by Gasteiger charge is 2.13. The zero-order valence-electron chi connectivity index (χ0n) is 12.4. The monoisotopic (exact) mass is 306 g/mol. The van der Waals surface area contributed by atoms with Crippen LogP contribution in [0.3, 0.4) is 0 Å². The van der Waals surface area contributed by atoms with Crippen LogP contribution in [0.2, 0.25) is 0 Å². The number of aromatic hydroxyl groups is 1. The van der Waals surface area contributed by atoms with E-state index < -0.39 is 4.92 Å². The number of hydrogen-bond acceptors (Lipinski definition) is 4. The van der Waals surface area contributed by atoms with Crippen molar-refractivity contribution >= 4 is 28.2 Å². The predicted octanol–water partition coefficient (Wildman–Crippen LogP) is 4.41. The van der Waals surface area contributed by atoms with Crippen LogP contribution in [-0.2, 0) is 0 Å². The molecule has 0 atom stereocenters. The Hall–Kier alpha value is -3.21. The van der Waals surface area contributed by atoms with Crippen molar-refractivity contribution in [1.29, 1.82) is 0 Å². The smallest absolute Gasteiger partial charge is 0.311 e. The molecule has 0 saturated heterocycles. The van der Waals surface area contributed by atoms with Crippen molar-refractivity contribution in [2.45, 2.75) is 6.92 Å². The zero-order valence-corrected chi connectivity index (χ0v) is 12.4. The van der Waals surface area contributed by atoms with E-state index in [1.54, 1.807) is 6.07 Å². The fourth-order valence-electron chi connectivity index (χ4n) is 2.39. The van der Waals surface area contributed by atoms with Gasteiger partial charge >= 0.3 is 5.69 Å². The largest absolute Gasteiger partial charge is 0.502 e. The second kappa shape index (κ2) is 5.88. The average Bonchev–Trinajstić information content (AvgIpc) is 2.55. The molecule has 0 saturated carbocycles. The van der Waals surface area contributed by atoms with Crippen LogP contribution in [0, 0.1) is 10.1 Å². The molecule has 0 aliphatic heterocycles. The Morgan fingerprint density at radius 3 is 2.74 bits per heavy atom. The maximum atomic E-state index is 10.9. The number of rotatable bonds is 3. The van der Waals surface area contributed by atoms with Crippen molar-refractivity contribution in [3.05, 3.63) is 76.0 Å². The minimum absolute atomic E-state index is 0.307. The van der Waals surface area contributed by atoms with Gasteiger partial charge in [0.15, 0.2) is 5.75 Å². The van der Waals surface area contributed by atoms with Crippen LogP contribution in [0.25, 0.3) is 22.6 Å². The number of pyridine rings is 1. The van der Waals surface area contributed by atoms with Crippen LogP contribution in [-0.4, -0.2) is 15.0 Å². The maximum absolute atomic E-state index is 10.9. The standard InChI is InChI=1S/C18H14N2O3/c1-12(10-13-6-9-18(21)17(11-13)20(22)23)15-8-7-14-4-2-3-5-16(14)19-15/h2-11,21H,1H3. The zero-order chi connectivity index (χ0) is 16.4. The van der Waals surface area contributed by atoms with Crippen molar-refractivity contribution in [2.24, 2.45) is 0 Å². The molecule has 1 aromatic heterocycles. The van der Waals surface area contributed by atoms with Crippen LogP contribution >= 0.6 is 0 Å². The van der Waals surface area contributed by atoms with Gasteiger partial charge in [-0.15, -0.1) is 0 Å². The Bertz CT molecular complexity index is 932. The van der Waals surface area contributed by atoms with Gasteiger partial charge in [0.05, 0.1) is 16.1 Å². The van der Waals surface area contributed by atoms with Crippen molar-refractivity contribution in [3.63, 3.8) is 0 Å². The summed E-state index contributed by atoms with van der Waals surface area (Å²) in [5.41, 5.74) is 2.92. The minimum Gasteiger partial charge on any atom is -0.502 e. The van der Waals surface area contributed by atoms with Crippen LogP contribution in [0.15, 0.2) is 54.6 Å². The van der Waals surface area contributed by atoms with E-state index in [2.05, 4.69) is 4.98 Å². The van der Waals surface area contributed by atoms with Crippen molar-refractivity contribution < 1.29 is 10.0 Å². The summed E-state index contributed by atoms with van der Waals surface area (Å²) in [6, 6.07) is 16.0. The van der Waals surface area contributed by atoms with Gasteiger partial charge in [-0.1, -0.05) is 30.3 Å². The summed E-state index contributed by atoms with van der Waals surface area (Å²) in [5.74, 6) is -0.339. The fraction of sp³-hybridized carbons (Fsp3) is 0.0556. The van der Waals surface area contributed by atoms with E-state index in [4.69, 9.17) is 0 Å². The number of benzene rings is 2. The molecule has 3 rings (SSSR count). The molecule has 5 nitrogen and oxygen atoms in total. The summed E-state index contributed by atoms with van der Waals surface area (Å²) in [7, 11) is 0. The van der Waals surface area contributed by atoms with Crippen molar-refractivity contribution in [3.8, 4) is 5.75 Å². The van der Waals surface area contributed by atoms with Gasteiger partial charge < -0.3 is 5.11 Å². The molecule has 2 aromatic carbocycles. The molecule has 0 spiro atoms. The van der Waals surface area contributed by atoms with Crippen LogP contribution in [0.1, 0.15) is 18.2 Å². The first-order chi connectivity index (χ1) is 11.0. The van der Waals surface area contributed by atoms with E-state index in [1.165, 1.54) is 12.1 Å². The predicted molar refractivity (Wildman–Crippen MR) is 90.0 cm³/mol.